The Kier molecular flexibility index (Phi) is 6.94. The van der Waals surface area contributed by atoms with Crippen LogP contribution in [0.15, 0.2) is 11.3 Å². The predicted octanol–water partition coefficient (Wildman–Crippen LogP) is 1.05. The third kappa shape index (κ3) is 5.46. The van der Waals surface area contributed by atoms with Gasteiger partial charge in [-0.1, -0.05) is 13.8 Å². The van der Waals surface area contributed by atoms with Crippen LogP contribution in [0.3, 0.4) is 0 Å². The Hall–Kier alpha value is -1.69. The van der Waals surface area contributed by atoms with Gasteiger partial charge in [0.25, 0.3) is 0 Å². The van der Waals surface area contributed by atoms with Crippen LogP contribution in [0.5, 0.6) is 0 Å². The maximum Gasteiger partial charge on any atom is 0.242 e. The Morgan fingerprint density at radius 3 is 2.26 bits per heavy atom. The summed E-state index contributed by atoms with van der Waals surface area (Å²) in [6, 6.07) is -0.463. The smallest absolute Gasteiger partial charge is 0.242 e. The molecule has 1 amide bonds. The van der Waals surface area contributed by atoms with Crippen molar-refractivity contribution in [2.45, 2.75) is 58.9 Å². The number of nitrogens with one attached hydrogen (secondary N) is 2. The molecular weight excluding hydrogens is 294 g/mol. The first-order chi connectivity index (χ1) is 10.7. The number of carbonyl (C=O) groups excluding carboxylic acids is 3. The lowest BCUT2D eigenvalue weighted by molar-refractivity contribution is -0.128. The Morgan fingerprint density at radius 1 is 1.22 bits per heavy atom. The number of nitrogens with two attached hydrogens (primary N) is 1. The zero-order valence-electron chi connectivity index (χ0n) is 14.6. The number of hydrogen-bond acceptors (Lipinski definition) is 5. The summed E-state index contributed by atoms with van der Waals surface area (Å²) in [4.78, 5) is 36.6. The zero-order valence-corrected chi connectivity index (χ0v) is 14.6. The van der Waals surface area contributed by atoms with Gasteiger partial charge in [-0.25, -0.2) is 0 Å². The van der Waals surface area contributed by atoms with Crippen LogP contribution in [0.25, 0.3) is 0 Å². The molecule has 1 unspecified atom stereocenters. The maximum absolute atomic E-state index is 12.3. The first kappa shape index (κ1) is 19.4. The molecule has 6 nitrogen and oxygen atoms in total. The van der Waals surface area contributed by atoms with Crippen molar-refractivity contribution < 1.29 is 14.4 Å². The SMILES string of the molecule is CNC(=O)C(CCCCN)NC(C)=C1C(=O)CC(C)(C)CC1=O. The second-order valence-electron chi connectivity index (χ2n) is 6.96. The molecule has 130 valence electrons. The number of hydrogen-bond donors (Lipinski definition) is 3. The van der Waals surface area contributed by atoms with Crippen LogP contribution < -0.4 is 16.4 Å². The Morgan fingerprint density at radius 2 is 1.78 bits per heavy atom. The van der Waals surface area contributed by atoms with Gasteiger partial charge < -0.3 is 16.4 Å². The number of likely N-dealkylation sites (N-methyl/N-ethyl adjacent to an activating group) is 1. The average molecular weight is 323 g/mol. The highest BCUT2D eigenvalue weighted by Gasteiger charge is 2.37. The highest BCUT2D eigenvalue weighted by atomic mass is 16.2. The van der Waals surface area contributed by atoms with Crippen molar-refractivity contribution >= 4 is 17.5 Å². The van der Waals surface area contributed by atoms with Crippen molar-refractivity contribution in [3.8, 4) is 0 Å². The quantitative estimate of drug-likeness (QED) is 0.369. The normalized spacial score (nSPS) is 18.6. The summed E-state index contributed by atoms with van der Waals surface area (Å²) < 4.78 is 0. The molecule has 1 saturated carbocycles. The number of carbonyl (C=O) groups is 3. The summed E-state index contributed by atoms with van der Waals surface area (Å²) >= 11 is 0. The molecule has 6 heteroatoms. The van der Waals surface area contributed by atoms with E-state index in [2.05, 4.69) is 10.6 Å². The van der Waals surface area contributed by atoms with Gasteiger partial charge in [0.05, 0.1) is 5.57 Å². The van der Waals surface area contributed by atoms with Crippen LogP contribution in [0, 0.1) is 5.41 Å². The van der Waals surface area contributed by atoms with Gasteiger partial charge in [0.1, 0.15) is 6.04 Å². The van der Waals surface area contributed by atoms with Gasteiger partial charge in [0, 0.05) is 25.6 Å². The molecule has 0 aromatic heterocycles. The van der Waals surface area contributed by atoms with E-state index in [1.54, 1.807) is 14.0 Å². The van der Waals surface area contributed by atoms with Crippen molar-refractivity contribution in [1.29, 1.82) is 0 Å². The van der Waals surface area contributed by atoms with Crippen LogP contribution in [0.4, 0.5) is 0 Å². The van der Waals surface area contributed by atoms with E-state index < -0.39 is 6.04 Å². The van der Waals surface area contributed by atoms with E-state index in [0.717, 1.165) is 12.8 Å². The molecule has 0 spiro atoms. The van der Waals surface area contributed by atoms with Gasteiger partial charge in [-0.05, 0) is 38.1 Å². The summed E-state index contributed by atoms with van der Waals surface area (Å²) in [5, 5.41) is 5.68. The maximum atomic E-state index is 12.3. The summed E-state index contributed by atoms with van der Waals surface area (Å²) in [5.74, 6) is -0.444. The number of allylic oxidation sites excluding steroid dienone is 2. The first-order valence-corrected chi connectivity index (χ1v) is 8.17. The van der Waals surface area contributed by atoms with E-state index in [1.165, 1.54) is 0 Å². The van der Waals surface area contributed by atoms with Gasteiger partial charge in [-0.2, -0.15) is 0 Å². The fourth-order valence-electron chi connectivity index (χ4n) is 2.95. The lowest BCUT2D eigenvalue weighted by atomic mass is 9.73. The Balaban J connectivity index is 2.91. The molecule has 0 radical (unpaired) electrons. The summed E-state index contributed by atoms with van der Waals surface area (Å²) in [6.45, 7) is 6.11. The molecule has 4 N–H and O–H groups in total. The van der Waals surface area contributed by atoms with Crippen LogP contribution in [0.2, 0.25) is 0 Å². The number of unbranched alkanes of at least 4 members (excludes halogenated alkanes) is 1. The zero-order chi connectivity index (χ0) is 17.6. The van der Waals surface area contributed by atoms with E-state index >= 15 is 0 Å². The standard InChI is InChI=1S/C17H29N3O3/c1-11(15-13(21)9-17(2,3)10-14(15)22)20-12(16(23)19-4)7-5-6-8-18/h12,20H,5-10,18H2,1-4H3,(H,19,23). The minimum Gasteiger partial charge on any atom is -0.377 e. The molecule has 23 heavy (non-hydrogen) atoms. The molecule has 0 saturated heterocycles. The lowest BCUT2D eigenvalue weighted by Gasteiger charge is -2.30. The number of amides is 1. The molecule has 1 rings (SSSR count). The molecule has 1 aliphatic carbocycles. The molecule has 0 aromatic rings. The van der Waals surface area contributed by atoms with Gasteiger partial charge in [-0.3, -0.25) is 14.4 Å². The highest BCUT2D eigenvalue weighted by Crippen LogP contribution is 2.34. The first-order valence-electron chi connectivity index (χ1n) is 8.17. The largest absolute Gasteiger partial charge is 0.377 e. The second kappa shape index (κ2) is 8.24. The van der Waals surface area contributed by atoms with E-state index in [4.69, 9.17) is 5.73 Å². The van der Waals surface area contributed by atoms with Crippen LogP contribution >= 0.6 is 0 Å². The van der Waals surface area contributed by atoms with Crippen LogP contribution in [-0.4, -0.2) is 37.1 Å². The molecule has 1 aliphatic rings. The topological polar surface area (TPSA) is 101 Å². The van der Waals surface area contributed by atoms with Crippen molar-refractivity contribution in [3.05, 3.63) is 11.3 Å². The van der Waals surface area contributed by atoms with E-state index in [0.29, 0.717) is 31.5 Å². The van der Waals surface area contributed by atoms with Crippen molar-refractivity contribution in [1.82, 2.24) is 10.6 Å². The second-order valence-corrected chi connectivity index (χ2v) is 6.96. The van der Waals surface area contributed by atoms with Gasteiger partial charge in [-0.15, -0.1) is 0 Å². The molecule has 1 atom stereocenters. The lowest BCUT2D eigenvalue weighted by Crippen LogP contribution is -2.43. The van der Waals surface area contributed by atoms with Gasteiger partial charge in [0.2, 0.25) is 5.91 Å². The van der Waals surface area contributed by atoms with E-state index in [9.17, 15) is 14.4 Å². The predicted molar refractivity (Wildman–Crippen MR) is 89.6 cm³/mol. The third-order valence-electron chi connectivity index (χ3n) is 4.11. The average Bonchev–Trinajstić information content (AvgIpc) is 2.43. The number of Topliss-reactive ketones (excluding diaryl/α,β-unsaturated/α-hetero) is 2. The summed E-state index contributed by atoms with van der Waals surface area (Å²) in [6.07, 6.45) is 2.95. The molecule has 1 fully saturated rings. The minimum absolute atomic E-state index is 0.145. The van der Waals surface area contributed by atoms with Crippen LogP contribution in [0.1, 0.15) is 52.9 Å². The fraction of sp³-hybridized carbons (Fsp3) is 0.706. The minimum atomic E-state index is -0.463. The number of ketones is 2. The summed E-state index contributed by atoms with van der Waals surface area (Å²) in [5.41, 5.74) is 5.91. The molecule has 0 bridgehead atoms. The van der Waals surface area contributed by atoms with E-state index in [1.807, 2.05) is 13.8 Å². The fourth-order valence-corrected chi connectivity index (χ4v) is 2.95. The molecule has 0 aliphatic heterocycles. The highest BCUT2D eigenvalue weighted by molar-refractivity contribution is 6.22. The van der Waals surface area contributed by atoms with Gasteiger partial charge >= 0.3 is 0 Å². The molecule has 0 heterocycles. The van der Waals surface area contributed by atoms with Crippen molar-refractivity contribution in [3.63, 3.8) is 0 Å². The van der Waals surface area contributed by atoms with Crippen molar-refractivity contribution in [2.75, 3.05) is 13.6 Å². The van der Waals surface area contributed by atoms with Crippen molar-refractivity contribution in [2.24, 2.45) is 11.1 Å². The Bertz CT molecular complexity index is 487. The van der Waals surface area contributed by atoms with Crippen LogP contribution in [-0.2, 0) is 14.4 Å². The Labute approximate surface area is 138 Å². The monoisotopic (exact) mass is 323 g/mol. The number of rotatable bonds is 7. The molecular formula is C17H29N3O3. The third-order valence-corrected chi connectivity index (χ3v) is 4.11. The molecule has 0 aromatic carbocycles. The van der Waals surface area contributed by atoms with E-state index in [-0.39, 0.29) is 28.5 Å². The summed E-state index contributed by atoms with van der Waals surface area (Å²) in [7, 11) is 1.57. The van der Waals surface area contributed by atoms with Gasteiger partial charge in [0.15, 0.2) is 11.6 Å².